The van der Waals surface area contributed by atoms with Gasteiger partial charge in [-0.25, -0.2) is 0 Å². The van der Waals surface area contributed by atoms with Crippen molar-refractivity contribution >= 4 is 16.6 Å². The predicted octanol–water partition coefficient (Wildman–Crippen LogP) is 2.68. The lowest BCUT2D eigenvalue weighted by Gasteiger charge is -2.31. The van der Waals surface area contributed by atoms with E-state index in [9.17, 15) is 0 Å². The molecule has 0 unspecified atom stereocenters. The Balaban J connectivity index is 2.16. The first kappa shape index (κ1) is 11.5. The van der Waals surface area contributed by atoms with Crippen LogP contribution in [0.5, 0.6) is 0 Å². The second-order valence-electron chi connectivity index (χ2n) is 4.90. The highest BCUT2D eigenvalue weighted by Crippen LogP contribution is 2.31. The van der Waals surface area contributed by atoms with Crippen LogP contribution in [0.15, 0.2) is 30.5 Å². The van der Waals surface area contributed by atoms with Gasteiger partial charge in [0.25, 0.3) is 0 Å². The van der Waals surface area contributed by atoms with E-state index in [2.05, 4.69) is 28.1 Å². The van der Waals surface area contributed by atoms with Gasteiger partial charge in [0.15, 0.2) is 0 Å². The third-order valence-corrected chi connectivity index (χ3v) is 3.72. The lowest BCUT2D eigenvalue weighted by Crippen LogP contribution is -2.30. The van der Waals surface area contributed by atoms with Gasteiger partial charge in [0.05, 0.1) is 11.2 Å². The van der Waals surface area contributed by atoms with E-state index in [1.807, 2.05) is 12.3 Å². The number of benzene rings is 1. The zero-order valence-corrected chi connectivity index (χ0v) is 10.6. The van der Waals surface area contributed by atoms with Crippen molar-refractivity contribution in [2.45, 2.75) is 25.8 Å². The Morgan fingerprint density at radius 1 is 1.11 bits per heavy atom. The molecule has 94 valence electrons. The Bertz CT molecular complexity index is 544. The molecule has 1 fully saturated rings. The van der Waals surface area contributed by atoms with Crippen molar-refractivity contribution in [2.75, 3.05) is 18.0 Å². The van der Waals surface area contributed by atoms with Gasteiger partial charge < -0.3 is 10.6 Å². The number of para-hydroxylation sites is 1. The first-order chi connectivity index (χ1) is 8.90. The minimum absolute atomic E-state index is 0.559. The second kappa shape index (κ2) is 4.94. The first-order valence-electron chi connectivity index (χ1n) is 6.72. The summed E-state index contributed by atoms with van der Waals surface area (Å²) in [6.45, 7) is 2.84. The molecule has 18 heavy (non-hydrogen) atoms. The third kappa shape index (κ3) is 1.95. The average Bonchev–Trinajstić information content (AvgIpc) is 2.47. The molecule has 1 aliphatic heterocycles. The van der Waals surface area contributed by atoms with Crippen LogP contribution in [0.25, 0.3) is 10.9 Å². The Hall–Kier alpha value is -1.61. The minimum Gasteiger partial charge on any atom is -0.371 e. The molecular formula is C15H19N3. The van der Waals surface area contributed by atoms with Crippen LogP contribution in [-0.2, 0) is 6.54 Å². The van der Waals surface area contributed by atoms with Crippen molar-refractivity contribution < 1.29 is 0 Å². The molecule has 2 aromatic rings. The number of hydrogen-bond donors (Lipinski definition) is 1. The van der Waals surface area contributed by atoms with Crippen LogP contribution < -0.4 is 10.6 Å². The smallest absolute Gasteiger partial charge is 0.0723 e. The van der Waals surface area contributed by atoms with E-state index < -0.39 is 0 Å². The summed E-state index contributed by atoms with van der Waals surface area (Å²) in [5, 5.41) is 1.24. The quantitative estimate of drug-likeness (QED) is 0.879. The van der Waals surface area contributed by atoms with E-state index in [0.717, 1.165) is 24.2 Å². The van der Waals surface area contributed by atoms with Gasteiger partial charge in [-0.1, -0.05) is 18.2 Å². The largest absolute Gasteiger partial charge is 0.371 e. The van der Waals surface area contributed by atoms with E-state index in [0.29, 0.717) is 6.54 Å². The van der Waals surface area contributed by atoms with Crippen LogP contribution in [-0.4, -0.2) is 18.1 Å². The highest BCUT2D eigenvalue weighted by molar-refractivity contribution is 5.93. The Morgan fingerprint density at radius 2 is 1.89 bits per heavy atom. The van der Waals surface area contributed by atoms with Crippen LogP contribution in [0.3, 0.4) is 0 Å². The highest BCUT2D eigenvalue weighted by atomic mass is 15.1. The van der Waals surface area contributed by atoms with E-state index in [1.165, 1.54) is 30.3 Å². The summed E-state index contributed by atoms with van der Waals surface area (Å²) in [5.74, 6) is 0. The lowest BCUT2D eigenvalue weighted by atomic mass is 10.0. The maximum Gasteiger partial charge on any atom is 0.0723 e. The van der Waals surface area contributed by atoms with Gasteiger partial charge in [-0.2, -0.15) is 0 Å². The van der Waals surface area contributed by atoms with Gasteiger partial charge >= 0.3 is 0 Å². The molecule has 3 nitrogen and oxygen atoms in total. The molecule has 1 aromatic carbocycles. The van der Waals surface area contributed by atoms with Crippen LogP contribution in [0, 0.1) is 0 Å². The molecular weight excluding hydrogens is 222 g/mol. The first-order valence-corrected chi connectivity index (χ1v) is 6.72. The van der Waals surface area contributed by atoms with Gasteiger partial charge in [-0.3, -0.25) is 4.98 Å². The molecule has 2 heterocycles. The van der Waals surface area contributed by atoms with E-state index in [-0.39, 0.29) is 0 Å². The number of hydrogen-bond acceptors (Lipinski definition) is 3. The molecule has 2 N–H and O–H groups in total. The zero-order valence-electron chi connectivity index (χ0n) is 10.6. The van der Waals surface area contributed by atoms with Crippen molar-refractivity contribution in [1.29, 1.82) is 0 Å². The molecule has 0 bridgehead atoms. The second-order valence-corrected chi connectivity index (χ2v) is 4.90. The van der Waals surface area contributed by atoms with Crippen molar-refractivity contribution in [3.63, 3.8) is 0 Å². The lowest BCUT2D eigenvalue weighted by molar-refractivity contribution is 0.577. The number of anilines is 1. The molecule has 3 heteroatoms. The van der Waals surface area contributed by atoms with Crippen LogP contribution in [0.2, 0.25) is 0 Å². The van der Waals surface area contributed by atoms with E-state index in [4.69, 9.17) is 5.73 Å². The average molecular weight is 241 g/mol. The third-order valence-electron chi connectivity index (χ3n) is 3.72. The van der Waals surface area contributed by atoms with Crippen LogP contribution in [0.4, 0.5) is 5.69 Å². The number of rotatable bonds is 2. The van der Waals surface area contributed by atoms with E-state index >= 15 is 0 Å². The fourth-order valence-electron chi connectivity index (χ4n) is 2.81. The molecule has 0 saturated carbocycles. The highest BCUT2D eigenvalue weighted by Gasteiger charge is 2.17. The maximum absolute atomic E-state index is 5.88. The predicted molar refractivity (Wildman–Crippen MR) is 75.7 cm³/mol. The molecule has 1 aromatic heterocycles. The molecule has 0 amide bonds. The zero-order chi connectivity index (χ0) is 12.4. The van der Waals surface area contributed by atoms with Gasteiger partial charge in [-0.05, 0) is 25.3 Å². The summed E-state index contributed by atoms with van der Waals surface area (Å²) >= 11 is 0. The monoisotopic (exact) mass is 241 g/mol. The molecule has 3 rings (SSSR count). The van der Waals surface area contributed by atoms with Crippen LogP contribution in [0.1, 0.15) is 24.8 Å². The Kier molecular flexibility index (Phi) is 3.15. The molecule has 0 spiro atoms. The molecule has 1 aliphatic rings. The Labute approximate surface area is 108 Å². The fraction of sp³-hybridized carbons (Fsp3) is 0.400. The molecule has 0 aliphatic carbocycles. The van der Waals surface area contributed by atoms with Gasteiger partial charge in [-0.15, -0.1) is 0 Å². The normalized spacial score (nSPS) is 16.2. The summed E-state index contributed by atoms with van der Waals surface area (Å²) in [5.41, 5.74) is 9.42. The van der Waals surface area contributed by atoms with Crippen LogP contribution >= 0.6 is 0 Å². The summed E-state index contributed by atoms with van der Waals surface area (Å²) in [7, 11) is 0. The number of nitrogens with two attached hydrogens (primary N) is 1. The fourth-order valence-corrected chi connectivity index (χ4v) is 2.81. The van der Waals surface area contributed by atoms with Crippen molar-refractivity contribution in [2.24, 2.45) is 5.73 Å². The molecule has 0 atom stereocenters. The van der Waals surface area contributed by atoms with Crippen molar-refractivity contribution in [3.8, 4) is 0 Å². The topological polar surface area (TPSA) is 42.1 Å². The Morgan fingerprint density at radius 3 is 2.67 bits per heavy atom. The van der Waals surface area contributed by atoms with Crippen molar-refractivity contribution in [1.82, 2.24) is 4.98 Å². The summed E-state index contributed by atoms with van der Waals surface area (Å²) in [6, 6.07) is 8.35. The summed E-state index contributed by atoms with van der Waals surface area (Å²) in [4.78, 5) is 6.98. The number of pyridine rings is 1. The molecule has 0 radical (unpaired) electrons. The molecule has 1 saturated heterocycles. The van der Waals surface area contributed by atoms with Gasteiger partial charge in [0.1, 0.15) is 0 Å². The SMILES string of the molecule is NCc1cnc2ccccc2c1N1CCCCC1. The van der Waals surface area contributed by atoms with Crippen molar-refractivity contribution in [3.05, 3.63) is 36.0 Å². The number of fused-ring (bicyclic) bond motifs is 1. The van der Waals surface area contributed by atoms with Gasteiger partial charge in [0, 0.05) is 36.8 Å². The number of piperidine rings is 1. The number of nitrogens with zero attached hydrogens (tertiary/aromatic N) is 2. The number of aromatic nitrogens is 1. The maximum atomic E-state index is 5.88. The summed E-state index contributed by atoms with van der Waals surface area (Å²) in [6.07, 6.45) is 5.84. The van der Waals surface area contributed by atoms with E-state index in [1.54, 1.807) is 0 Å². The standard InChI is InChI=1S/C15H19N3/c16-10-12-11-17-14-7-3-2-6-13(14)15(12)18-8-4-1-5-9-18/h2-3,6-7,11H,1,4-5,8-10,16H2. The summed E-state index contributed by atoms with van der Waals surface area (Å²) < 4.78 is 0. The van der Waals surface area contributed by atoms with Gasteiger partial charge in [0.2, 0.25) is 0 Å². The minimum atomic E-state index is 0.559.